The van der Waals surface area contributed by atoms with Gasteiger partial charge in [0.15, 0.2) is 0 Å². The standard InChI is InChI=1S/C13H10OSe/c14-13(11-7-3-1-4-8-11)15-12-9-5-2-6-10-12/h1-10H. The Kier molecular flexibility index (Phi) is 3.33. The summed E-state index contributed by atoms with van der Waals surface area (Å²) >= 11 is -0.109. The van der Waals surface area contributed by atoms with Gasteiger partial charge in [-0.1, -0.05) is 0 Å². The molecule has 0 aliphatic heterocycles. The molecule has 2 aromatic rings. The number of carbonyl (C=O) groups is 1. The van der Waals surface area contributed by atoms with Crippen molar-refractivity contribution in [2.24, 2.45) is 0 Å². The third kappa shape index (κ3) is 2.79. The van der Waals surface area contributed by atoms with Crippen LogP contribution in [0.15, 0.2) is 60.7 Å². The van der Waals surface area contributed by atoms with Gasteiger partial charge in [0.25, 0.3) is 0 Å². The van der Waals surface area contributed by atoms with Crippen LogP contribution in [0.3, 0.4) is 0 Å². The second-order valence-corrected chi connectivity index (χ2v) is 5.26. The molecule has 0 aliphatic carbocycles. The van der Waals surface area contributed by atoms with E-state index in [-0.39, 0.29) is 19.6 Å². The van der Waals surface area contributed by atoms with Crippen LogP contribution in [0.25, 0.3) is 0 Å². The SMILES string of the molecule is O=C([Se]c1ccccc1)c1ccccc1. The van der Waals surface area contributed by atoms with Gasteiger partial charge >= 0.3 is 95.1 Å². The molecule has 0 atom stereocenters. The number of carbonyl (C=O) groups excluding carboxylic acids is 1. The molecule has 0 amide bonds. The molecule has 1 nitrogen and oxygen atoms in total. The molecule has 0 spiro atoms. The third-order valence-electron chi connectivity index (χ3n) is 1.96. The molecule has 0 radical (unpaired) electrons. The first-order valence-corrected chi connectivity index (χ1v) is 6.40. The molecule has 0 unspecified atom stereocenters. The summed E-state index contributed by atoms with van der Waals surface area (Å²) < 4.78 is 1.35. The fourth-order valence-electron chi connectivity index (χ4n) is 1.23. The molecule has 2 aromatic carbocycles. The van der Waals surface area contributed by atoms with Crippen LogP contribution in [0.4, 0.5) is 0 Å². The fraction of sp³-hybridized carbons (Fsp3) is 0. The van der Waals surface area contributed by atoms with E-state index in [1.54, 1.807) is 0 Å². The molecule has 2 rings (SSSR count). The van der Waals surface area contributed by atoms with E-state index in [9.17, 15) is 4.79 Å². The van der Waals surface area contributed by atoms with E-state index in [0.29, 0.717) is 0 Å². The van der Waals surface area contributed by atoms with Crippen LogP contribution in [0.1, 0.15) is 10.4 Å². The second kappa shape index (κ2) is 4.92. The Hall–Kier alpha value is -1.37. The van der Waals surface area contributed by atoms with E-state index in [1.165, 1.54) is 0 Å². The van der Waals surface area contributed by atoms with Gasteiger partial charge in [0.05, 0.1) is 0 Å². The zero-order chi connectivity index (χ0) is 10.5. The van der Waals surface area contributed by atoms with Crippen LogP contribution in [0.5, 0.6) is 0 Å². The molecule has 0 N–H and O–H groups in total. The summed E-state index contributed by atoms with van der Waals surface area (Å²) in [6.45, 7) is 0. The van der Waals surface area contributed by atoms with E-state index in [1.807, 2.05) is 60.7 Å². The number of hydrogen-bond donors (Lipinski definition) is 0. The van der Waals surface area contributed by atoms with Crippen LogP contribution in [0, 0.1) is 0 Å². The summed E-state index contributed by atoms with van der Waals surface area (Å²) in [5.41, 5.74) is 0.807. The molecule has 0 fully saturated rings. The second-order valence-electron chi connectivity index (χ2n) is 3.07. The molecule has 0 aliphatic rings. The summed E-state index contributed by atoms with van der Waals surface area (Å²) in [5, 5.41) is 0. The van der Waals surface area contributed by atoms with Gasteiger partial charge in [-0.15, -0.1) is 0 Å². The van der Waals surface area contributed by atoms with Crippen molar-refractivity contribution in [3.8, 4) is 0 Å². The predicted octanol–water partition coefficient (Wildman–Crippen LogP) is 1.86. The van der Waals surface area contributed by atoms with Crippen molar-refractivity contribution >= 4 is 24.1 Å². The van der Waals surface area contributed by atoms with Gasteiger partial charge in [-0.2, -0.15) is 0 Å². The van der Waals surface area contributed by atoms with Gasteiger partial charge in [0.2, 0.25) is 0 Å². The number of hydrogen-bond acceptors (Lipinski definition) is 1. The van der Waals surface area contributed by atoms with Crippen molar-refractivity contribution in [3.05, 3.63) is 66.2 Å². The summed E-state index contributed by atoms with van der Waals surface area (Å²) in [5.74, 6) is 0. The van der Waals surface area contributed by atoms with Crippen molar-refractivity contribution in [3.63, 3.8) is 0 Å². The molecule has 74 valence electrons. The third-order valence-corrected chi connectivity index (χ3v) is 3.91. The summed E-state index contributed by atoms with van der Waals surface area (Å²) in [6, 6.07) is 19.4. The molecular formula is C13H10OSe. The molecule has 2 heteroatoms. The van der Waals surface area contributed by atoms with Gasteiger partial charge in [-0.25, -0.2) is 0 Å². The topological polar surface area (TPSA) is 17.1 Å². The van der Waals surface area contributed by atoms with Crippen LogP contribution in [-0.4, -0.2) is 19.6 Å². The Labute approximate surface area is 95.3 Å². The van der Waals surface area contributed by atoms with E-state index in [0.717, 1.165) is 10.0 Å². The van der Waals surface area contributed by atoms with Crippen molar-refractivity contribution < 1.29 is 4.79 Å². The molecule has 0 bridgehead atoms. The summed E-state index contributed by atoms with van der Waals surface area (Å²) in [4.78, 5) is 11.8. The van der Waals surface area contributed by atoms with Crippen LogP contribution < -0.4 is 4.46 Å². The summed E-state index contributed by atoms with van der Waals surface area (Å²) in [7, 11) is 0. The average molecular weight is 261 g/mol. The maximum atomic E-state index is 11.8. The van der Waals surface area contributed by atoms with E-state index in [4.69, 9.17) is 0 Å². The Balaban J connectivity index is 2.12. The van der Waals surface area contributed by atoms with Crippen LogP contribution in [-0.2, 0) is 0 Å². The van der Waals surface area contributed by atoms with Crippen molar-refractivity contribution in [1.29, 1.82) is 0 Å². The van der Waals surface area contributed by atoms with Gasteiger partial charge in [-0.05, 0) is 0 Å². The molecular weight excluding hydrogens is 251 g/mol. The first-order valence-electron chi connectivity index (χ1n) is 4.68. The molecule has 15 heavy (non-hydrogen) atoms. The minimum absolute atomic E-state index is 0.109. The fourth-order valence-corrected chi connectivity index (χ4v) is 2.83. The molecule has 0 saturated heterocycles. The maximum absolute atomic E-state index is 11.8. The van der Waals surface area contributed by atoms with Crippen molar-refractivity contribution in [2.45, 2.75) is 0 Å². The zero-order valence-electron chi connectivity index (χ0n) is 8.09. The Morgan fingerprint density at radius 1 is 0.800 bits per heavy atom. The Morgan fingerprint density at radius 2 is 1.33 bits per heavy atom. The van der Waals surface area contributed by atoms with Crippen molar-refractivity contribution in [2.75, 3.05) is 0 Å². The van der Waals surface area contributed by atoms with Gasteiger partial charge < -0.3 is 0 Å². The van der Waals surface area contributed by atoms with Gasteiger partial charge in [0.1, 0.15) is 0 Å². The van der Waals surface area contributed by atoms with E-state index in [2.05, 4.69) is 0 Å². The number of benzene rings is 2. The number of rotatable bonds is 3. The monoisotopic (exact) mass is 262 g/mol. The van der Waals surface area contributed by atoms with Crippen molar-refractivity contribution in [1.82, 2.24) is 0 Å². The van der Waals surface area contributed by atoms with Crippen LogP contribution >= 0.6 is 0 Å². The normalized spacial score (nSPS) is 9.87. The first-order chi connectivity index (χ1) is 7.36. The zero-order valence-corrected chi connectivity index (χ0v) is 9.80. The average Bonchev–Trinajstić information content (AvgIpc) is 2.31. The Bertz CT molecular complexity index is 437. The Morgan fingerprint density at radius 3 is 1.93 bits per heavy atom. The van der Waals surface area contributed by atoms with Crippen LogP contribution in [0.2, 0.25) is 0 Å². The first kappa shape index (κ1) is 10.2. The quantitative estimate of drug-likeness (QED) is 0.771. The predicted molar refractivity (Wildman–Crippen MR) is 62.6 cm³/mol. The van der Waals surface area contributed by atoms with E-state index < -0.39 is 0 Å². The van der Waals surface area contributed by atoms with Gasteiger partial charge in [-0.3, -0.25) is 0 Å². The minimum atomic E-state index is -0.109. The molecule has 0 heterocycles. The molecule has 0 aromatic heterocycles. The van der Waals surface area contributed by atoms with E-state index >= 15 is 0 Å². The summed E-state index contributed by atoms with van der Waals surface area (Å²) in [6.07, 6.45) is 0. The molecule has 0 saturated carbocycles. The van der Waals surface area contributed by atoms with Gasteiger partial charge in [0, 0.05) is 0 Å².